The van der Waals surface area contributed by atoms with Gasteiger partial charge in [0.1, 0.15) is 5.03 Å². The molecule has 0 N–H and O–H groups in total. The van der Waals surface area contributed by atoms with Crippen LogP contribution >= 0.6 is 34.8 Å². The molecule has 0 aliphatic carbocycles. The molecule has 2 aromatic rings. The largest absolute Gasteiger partial charge is 0.277 e. The SMILES string of the molecule is Cc1ccc(C2=C(Cl)C(=O)N(c3cc(Cl)ccc3Cl)C2=O)cc1. The highest BCUT2D eigenvalue weighted by atomic mass is 35.5. The maximum atomic E-state index is 12.7. The van der Waals surface area contributed by atoms with Crippen LogP contribution in [0.2, 0.25) is 10.0 Å². The minimum atomic E-state index is -0.614. The predicted octanol–water partition coefficient (Wildman–Crippen LogP) is 4.83. The van der Waals surface area contributed by atoms with Gasteiger partial charge in [0.15, 0.2) is 0 Å². The smallest absolute Gasteiger partial charge is 0.268 e. The van der Waals surface area contributed by atoms with E-state index in [0.717, 1.165) is 10.5 Å². The Morgan fingerprint density at radius 1 is 0.870 bits per heavy atom. The summed E-state index contributed by atoms with van der Waals surface area (Å²) in [6.45, 7) is 1.93. The van der Waals surface area contributed by atoms with Gasteiger partial charge in [-0.15, -0.1) is 0 Å². The van der Waals surface area contributed by atoms with Gasteiger partial charge in [0.25, 0.3) is 11.8 Å². The highest BCUT2D eigenvalue weighted by molar-refractivity contribution is 6.60. The number of carbonyl (C=O) groups is 2. The summed E-state index contributed by atoms with van der Waals surface area (Å²) in [6, 6.07) is 11.8. The summed E-state index contributed by atoms with van der Waals surface area (Å²) in [5.41, 5.74) is 2.00. The van der Waals surface area contributed by atoms with Crippen LogP contribution < -0.4 is 4.90 Å². The van der Waals surface area contributed by atoms with Crippen LogP contribution in [-0.4, -0.2) is 11.8 Å². The summed E-state index contributed by atoms with van der Waals surface area (Å²) in [6.07, 6.45) is 0. The van der Waals surface area contributed by atoms with Gasteiger partial charge in [0, 0.05) is 5.02 Å². The third-order valence-corrected chi connectivity index (χ3v) is 4.42. The number of nitrogens with zero attached hydrogens (tertiary/aromatic N) is 1. The van der Waals surface area contributed by atoms with Gasteiger partial charge in [0.2, 0.25) is 0 Å². The summed E-state index contributed by atoms with van der Waals surface area (Å²) in [4.78, 5) is 26.1. The number of carbonyl (C=O) groups excluding carboxylic acids is 2. The maximum absolute atomic E-state index is 12.7. The van der Waals surface area contributed by atoms with Crippen molar-refractivity contribution in [3.05, 3.63) is 68.7 Å². The van der Waals surface area contributed by atoms with Crippen LogP contribution in [0.4, 0.5) is 5.69 Å². The molecule has 0 fully saturated rings. The molecule has 1 aliphatic rings. The summed E-state index contributed by atoms with van der Waals surface area (Å²) < 4.78 is 0. The lowest BCUT2D eigenvalue weighted by atomic mass is 10.0. The van der Waals surface area contributed by atoms with Crippen LogP contribution in [0.3, 0.4) is 0 Å². The van der Waals surface area contributed by atoms with Crippen LogP contribution in [0, 0.1) is 6.92 Å². The highest BCUT2D eigenvalue weighted by Gasteiger charge is 2.40. The molecular formula is C17H10Cl3NO2. The number of aryl methyl sites for hydroxylation is 1. The first-order valence-electron chi connectivity index (χ1n) is 6.71. The van der Waals surface area contributed by atoms with Crippen molar-refractivity contribution < 1.29 is 9.59 Å². The van der Waals surface area contributed by atoms with E-state index in [1.807, 2.05) is 19.1 Å². The molecule has 0 spiro atoms. The number of hydrogen-bond acceptors (Lipinski definition) is 2. The topological polar surface area (TPSA) is 37.4 Å². The fourth-order valence-electron chi connectivity index (χ4n) is 2.35. The zero-order valence-electron chi connectivity index (χ0n) is 11.9. The van der Waals surface area contributed by atoms with E-state index in [-0.39, 0.29) is 21.3 Å². The second-order valence-electron chi connectivity index (χ2n) is 5.10. The minimum Gasteiger partial charge on any atom is -0.268 e. The van der Waals surface area contributed by atoms with Crippen molar-refractivity contribution in [2.75, 3.05) is 4.90 Å². The fraction of sp³-hybridized carbons (Fsp3) is 0.0588. The molecule has 23 heavy (non-hydrogen) atoms. The Morgan fingerprint density at radius 3 is 2.17 bits per heavy atom. The molecule has 1 heterocycles. The van der Waals surface area contributed by atoms with Gasteiger partial charge < -0.3 is 0 Å². The van der Waals surface area contributed by atoms with Gasteiger partial charge in [-0.2, -0.15) is 0 Å². The van der Waals surface area contributed by atoms with E-state index >= 15 is 0 Å². The van der Waals surface area contributed by atoms with E-state index in [9.17, 15) is 9.59 Å². The van der Waals surface area contributed by atoms with E-state index in [0.29, 0.717) is 10.6 Å². The molecule has 1 aliphatic heterocycles. The van der Waals surface area contributed by atoms with Gasteiger partial charge in [0.05, 0.1) is 16.3 Å². The average Bonchev–Trinajstić information content (AvgIpc) is 2.73. The van der Waals surface area contributed by atoms with E-state index < -0.39 is 11.8 Å². The second kappa shape index (κ2) is 6.00. The summed E-state index contributed by atoms with van der Waals surface area (Å²) in [7, 11) is 0. The normalized spacial score (nSPS) is 14.9. The van der Waals surface area contributed by atoms with Crippen LogP contribution in [0.5, 0.6) is 0 Å². The Labute approximate surface area is 148 Å². The first-order chi connectivity index (χ1) is 10.9. The van der Waals surface area contributed by atoms with Gasteiger partial charge in [-0.3, -0.25) is 9.59 Å². The van der Waals surface area contributed by atoms with Crippen LogP contribution in [0.15, 0.2) is 47.5 Å². The Bertz CT molecular complexity index is 857. The number of amides is 2. The lowest BCUT2D eigenvalue weighted by Gasteiger charge is -2.16. The first-order valence-corrected chi connectivity index (χ1v) is 7.84. The number of anilines is 1. The molecule has 0 atom stereocenters. The van der Waals surface area contributed by atoms with Gasteiger partial charge in [-0.25, -0.2) is 4.90 Å². The van der Waals surface area contributed by atoms with E-state index in [2.05, 4.69) is 0 Å². The number of halogens is 3. The quantitative estimate of drug-likeness (QED) is 0.714. The molecule has 0 saturated carbocycles. The zero-order chi connectivity index (χ0) is 16.7. The van der Waals surface area contributed by atoms with E-state index in [1.165, 1.54) is 12.1 Å². The van der Waals surface area contributed by atoms with Crippen molar-refractivity contribution in [2.45, 2.75) is 6.92 Å². The molecule has 0 bridgehead atoms. The Hall–Kier alpha value is -1.81. The third-order valence-electron chi connectivity index (χ3n) is 3.52. The van der Waals surface area contributed by atoms with Crippen molar-refractivity contribution in [1.82, 2.24) is 0 Å². The summed E-state index contributed by atoms with van der Waals surface area (Å²) in [5.74, 6) is -1.13. The van der Waals surface area contributed by atoms with Gasteiger partial charge in [-0.1, -0.05) is 64.6 Å². The number of hydrogen-bond donors (Lipinski definition) is 0. The molecular weight excluding hydrogens is 357 g/mol. The fourth-order valence-corrected chi connectivity index (χ4v) is 2.99. The van der Waals surface area contributed by atoms with Gasteiger partial charge in [-0.05, 0) is 30.7 Å². The van der Waals surface area contributed by atoms with Crippen molar-refractivity contribution in [1.29, 1.82) is 0 Å². The molecule has 0 radical (unpaired) electrons. The lowest BCUT2D eigenvalue weighted by molar-refractivity contribution is -0.119. The molecule has 3 rings (SSSR count). The standard InChI is InChI=1S/C17H10Cl3NO2/c1-9-2-4-10(5-3-9)14-15(20)17(23)21(16(14)22)13-8-11(18)6-7-12(13)19/h2-8H,1H3. The molecule has 2 aromatic carbocycles. The molecule has 0 aromatic heterocycles. The monoisotopic (exact) mass is 365 g/mol. The summed E-state index contributed by atoms with van der Waals surface area (Å²) >= 11 is 18.2. The Morgan fingerprint density at radius 2 is 1.52 bits per heavy atom. The van der Waals surface area contributed by atoms with Crippen molar-refractivity contribution in [2.24, 2.45) is 0 Å². The number of rotatable bonds is 2. The zero-order valence-corrected chi connectivity index (χ0v) is 14.2. The minimum absolute atomic E-state index is 0.130. The number of benzene rings is 2. The van der Waals surface area contributed by atoms with E-state index in [4.69, 9.17) is 34.8 Å². The molecule has 0 saturated heterocycles. The molecule has 3 nitrogen and oxygen atoms in total. The maximum Gasteiger partial charge on any atom is 0.277 e. The lowest BCUT2D eigenvalue weighted by Crippen LogP contribution is -2.31. The first kappa shape index (κ1) is 16.1. The molecule has 0 unspecified atom stereocenters. The van der Waals surface area contributed by atoms with Crippen LogP contribution in [0.1, 0.15) is 11.1 Å². The number of imide groups is 1. The molecule has 2 amide bonds. The highest BCUT2D eigenvalue weighted by Crippen LogP contribution is 2.38. The van der Waals surface area contributed by atoms with Crippen LogP contribution in [0.25, 0.3) is 5.57 Å². The third kappa shape index (κ3) is 2.76. The molecule has 116 valence electrons. The van der Waals surface area contributed by atoms with Crippen molar-refractivity contribution >= 4 is 57.9 Å². The van der Waals surface area contributed by atoms with Gasteiger partial charge >= 0.3 is 0 Å². The van der Waals surface area contributed by atoms with Crippen molar-refractivity contribution in [3.8, 4) is 0 Å². The Balaban J connectivity index is 2.09. The van der Waals surface area contributed by atoms with Crippen LogP contribution in [-0.2, 0) is 9.59 Å². The summed E-state index contributed by atoms with van der Waals surface area (Å²) in [5, 5.41) is 0.477. The average molecular weight is 367 g/mol. The second-order valence-corrected chi connectivity index (χ2v) is 6.32. The van der Waals surface area contributed by atoms with E-state index in [1.54, 1.807) is 18.2 Å². The molecule has 6 heteroatoms. The Kier molecular flexibility index (Phi) is 4.19. The van der Waals surface area contributed by atoms with Crippen molar-refractivity contribution in [3.63, 3.8) is 0 Å². The predicted molar refractivity (Wildman–Crippen MR) is 92.9 cm³/mol.